The molecule has 31 heavy (non-hydrogen) atoms. The van der Waals surface area contributed by atoms with Crippen molar-refractivity contribution < 1.29 is 14.6 Å². The number of hydrogen-bond acceptors (Lipinski definition) is 4. The molecule has 0 aliphatic carbocycles. The van der Waals surface area contributed by atoms with E-state index in [2.05, 4.69) is 62.2 Å². The van der Waals surface area contributed by atoms with Crippen LogP contribution in [0.15, 0.2) is 47.5 Å². The quantitative estimate of drug-likeness (QED) is 0.500. The van der Waals surface area contributed by atoms with Gasteiger partial charge in [-0.2, -0.15) is 0 Å². The smallest absolute Gasteiger partial charge is 0.303 e. The summed E-state index contributed by atoms with van der Waals surface area (Å²) in [6, 6.07) is 12.9. The molecule has 5 heteroatoms. The average molecular weight is 434 g/mol. The van der Waals surface area contributed by atoms with E-state index in [4.69, 9.17) is 9.84 Å². The van der Waals surface area contributed by atoms with Gasteiger partial charge in [-0.15, -0.1) is 11.8 Å². The highest BCUT2D eigenvalue weighted by atomic mass is 32.2. The van der Waals surface area contributed by atoms with E-state index in [0.29, 0.717) is 12.5 Å². The molecule has 1 N–H and O–H groups in total. The van der Waals surface area contributed by atoms with Gasteiger partial charge in [-0.3, -0.25) is 4.79 Å². The summed E-state index contributed by atoms with van der Waals surface area (Å²) in [7, 11) is 0. The van der Waals surface area contributed by atoms with Crippen LogP contribution in [0.2, 0.25) is 0 Å². The molecule has 0 saturated heterocycles. The Morgan fingerprint density at radius 2 is 1.90 bits per heavy atom. The average Bonchev–Trinajstić information content (AvgIpc) is 3.10. The van der Waals surface area contributed by atoms with Crippen LogP contribution in [0.4, 0.5) is 0 Å². The number of carboxylic acid groups (broad SMARTS) is 1. The highest BCUT2D eigenvalue weighted by Gasteiger charge is 2.28. The lowest BCUT2D eigenvalue weighted by molar-refractivity contribution is -0.137. The van der Waals surface area contributed by atoms with E-state index in [0.717, 1.165) is 27.3 Å². The molecule has 1 aliphatic rings. The van der Waals surface area contributed by atoms with Crippen molar-refractivity contribution in [3.05, 3.63) is 76.0 Å². The molecule has 3 aromatic rings. The molecule has 4 rings (SSSR count). The normalized spacial score (nSPS) is 15.0. The van der Waals surface area contributed by atoms with Crippen LogP contribution < -0.4 is 4.74 Å². The Hall–Kier alpha value is -2.79. The molecule has 1 atom stereocenters. The number of nitrogens with zero attached hydrogens (tertiary/aromatic N) is 1. The number of thioether (sulfide) groups is 1. The van der Waals surface area contributed by atoms with Gasteiger partial charge in [0.25, 0.3) is 0 Å². The molecule has 0 saturated carbocycles. The fourth-order valence-corrected chi connectivity index (χ4v) is 5.84. The molecule has 1 aromatic heterocycles. The van der Waals surface area contributed by atoms with Gasteiger partial charge in [-0.05, 0) is 67.1 Å². The maximum Gasteiger partial charge on any atom is 0.303 e. The van der Waals surface area contributed by atoms with Gasteiger partial charge in [0, 0.05) is 28.3 Å². The van der Waals surface area contributed by atoms with Crippen molar-refractivity contribution in [1.82, 2.24) is 4.98 Å². The predicted octanol–water partition coefficient (Wildman–Crippen LogP) is 6.23. The Kier molecular flexibility index (Phi) is 6.05. The molecule has 0 amide bonds. The number of carbonyl (C=O) groups is 1. The van der Waals surface area contributed by atoms with Gasteiger partial charge < -0.3 is 9.84 Å². The lowest BCUT2D eigenvalue weighted by Gasteiger charge is -2.14. The number of carboxylic acids is 1. The largest absolute Gasteiger partial charge is 0.481 e. The van der Waals surface area contributed by atoms with E-state index in [-0.39, 0.29) is 12.3 Å². The summed E-state index contributed by atoms with van der Waals surface area (Å²) >= 11 is 1.70. The minimum atomic E-state index is -0.768. The summed E-state index contributed by atoms with van der Waals surface area (Å²) in [5.74, 6) is 0.659. The number of pyridine rings is 1. The monoisotopic (exact) mass is 433 g/mol. The van der Waals surface area contributed by atoms with Crippen molar-refractivity contribution in [1.29, 1.82) is 0 Å². The van der Waals surface area contributed by atoms with Crippen LogP contribution in [-0.2, 0) is 11.4 Å². The van der Waals surface area contributed by atoms with Gasteiger partial charge in [0.1, 0.15) is 6.61 Å². The van der Waals surface area contributed by atoms with Gasteiger partial charge in [0.05, 0.1) is 6.42 Å². The predicted molar refractivity (Wildman–Crippen MR) is 125 cm³/mol. The lowest BCUT2D eigenvalue weighted by atomic mass is 9.93. The van der Waals surface area contributed by atoms with Crippen molar-refractivity contribution in [3.8, 4) is 17.0 Å². The maximum atomic E-state index is 11.1. The third kappa shape index (κ3) is 4.47. The van der Waals surface area contributed by atoms with Crippen LogP contribution in [0.5, 0.6) is 5.88 Å². The standard InChI is InChI=1S/C26H27NO3S/c1-15-8-16(2)24(17(3)9-15)20-7-5-6-19(10-20)13-30-26-18(4)25-22(12-27-26)21(14-31-25)11-23(28)29/h5-10,12,21H,11,13-14H2,1-4H3,(H,28,29). The number of aryl methyl sites for hydroxylation is 3. The second-order valence-corrected chi connectivity index (χ2v) is 9.37. The second kappa shape index (κ2) is 8.75. The molecule has 2 heterocycles. The number of hydrogen-bond donors (Lipinski definition) is 1. The number of aliphatic carboxylic acids is 1. The molecule has 0 spiro atoms. The Morgan fingerprint density at radius 3 is 2.61 bits per heavy atom. The molecule has 0 bridgehead atoms. The first-order chi connectivity index (χ1) is 14.8. The number of benzene rings is 2. The van der Waals surface area contributed by atoms with Gasteiger partial charge in [0.2, 0.25) is 5.88 Å². The second-order valence-electron chi connectivity index (χ2n) is 8.34. The molecule has 0 fully saturated rings. The summed E-state index contributed by atoms with van der Waals surface area (Å²) in [5, 5.41) is 9.13. The van der Waals surface area contributed by atoms with E-state index < -0.39 is 5.97 Å². The zero-order valence-corrected chi connectivity index (χ0v) is 19.2. The van der Waals surface area contributed by atoms with E-state index in [1.54, 1.807) is 18.0 Å². The third-order valence-corrected chi connectivity index (χ3v) is 7.20. The highest BCUT2D eigenvalue weighted by molar-refractivity contribution is 7.99. The van der Waals surface area contributed by atoms with Crippen LogP contribution in [-0.4, -0.2) is 21.8 Å². The molecule has 1 unspecified atom stereocenters. The topological polar surface area (TPSA) is 59.4 Å². The number of fused-ring (bicyclic) bond motifs is 1. The van der Waals surface area contributed by atoms with Crippen molar-refractivity contribution in [2.75, 3.05) is 5.75 Å². The zero-order valence-electron chi connectivity index (χ0n) is 18.4. The van der Waals surface area contributed by atoms with Crippen LogP contribution in [0.1, 0.15) is 45.7 Å². The van der Waals surface area contributed by atoms with Gasteiger partial charge >= 0.3 is 5.97 Å². The van der Waals surface area contributed by atoms with Crippen molar-refractivity contribution in [2.24, 2.45) is 0 Å². The van der Waals surface area contributed by atoms with E-state index in [1.165, 1.54) is 27.8 Å². The first-order valence-electron chi connectivity index (χ1n) is 10.5. The fourth-order valence-electron chi connectivity index (χ4n) is 4.48. The molecule has 4 nitrogen and oxygen atoms in total. The Morgan fingerprint density at radius 1 is 1.16 bits per heavy atom. The van der Waals surface area contributed by atoms with Crippen LogP contribution in [0, 0.1) is 27.7 Å². The van der Waals surface area contributed by atoms with Crippen molar-refractivity contribution in [3.63, 3.8) is 0 Å². The zero-order chi connectivity index (χ0) is 22.1. The van der Waals surface area contributed by atoms with E-state index >= 15 is 0 Å². The number of rotatable bonds is 6. The van der Waals surface area contributed by atoms with Gasteiger partial charge in [-0.25, -0.2) is 4.98 Å². The maximum absolute atomic E-state index is 11.1. The summed E-state index contributed by atoms with van der Waals surface area (Å²) < 4.78 is 6.09. The lowest BCUT2D eigenvalue weighted by Crippen LogP contribution is -2.06. The molecule has 2 aromatic carbocycles. The molecule has 1 aliphatic heterocycles. The summed E-state index contributed by atoms with van der Waals surface area (Å²) in [4.78, 5) is 16.7. The summed E-state index contributed by atoms with van der Waals surface area (Å²) in [5.41, 5.74) is 9.43. The van der Waals surface area contributed by atoms with Crippen LogP contribution in [0.25, 0.3) is 11.1 Å². The molecular formula is C26H27NO3S. The van der Waals surface area contributed by atoms with Crippen LogP contribution >= 0.6 is 11.8 Å². The third-order valence-electron chi connectivity index (χ3n) is 5.80. The summed E-state index contributed by atoms with van der Waals surface area (Å²) in [6.07, 6.45) is 1.94. The Labute approximate surface area is 187 Å². The van der Waals surface area contributed by atoms with Crippen molar-refractivity contribution in [2.45, 2.75) is 51.5 Å². The van der Waals surface area contributed by atoms with Crippen LogP contribution in [0.3, 0.4) is 0 Å². The minimum absolute atomic E-state index is 0.0235. The number of aromatic nitrogens is 1. The SMILES string of the molecule is Cc1cc(C)c(-c2cccc(COc3ncc4c(c3C)SCC4CC(=O)O)c2)c(C)c1. The van der Waals surface area contributed by atoms with E-state index in [1.807, 2.05) is 6.92 Å². The van der Waals surface area contributed by atoms with Gasteiger partial charge in [-0.1, -0.05) is 35.9 Å². The number of ether oxygens (including phenoxy) is 1. The Bertz CT molecular complexity index is 1130. The summed E-state index contributed by atoms with van der Waals surface area (Å²) in [6.45, 7) is 8.89. The molecule has 0 radical (unpaired) electrons. The fraction of sp³-hybridized carbons (Fsp3) is 0.308. The Balaban J connectivity index is 1.54. The van der Waals surface area contributed by atoms with Gasteiger partial charge in [0.15, 0.2) is 0 Å². The minimum Gasteiger partial charge on any atom is -0.481 e. The van der Waals surface area contributed by atoms with Crippen molar-refractivity contribution >= 4 is 17.7 Å². The highest BCUT2D eigenvalue weighted by Crippen LogP contribution is 2.44. The first-order valence-corrected chi connectivity index (χ1v) is 11.5. The van der Waals surface area contributed by atoms with E-state index in [9.17, 15) is 4.79 Å². The molecule has 160 valence electrons. The first kappa shape index (κ1) is 21.4. The molecular weight excluding hydrogens is 406 g/mol.